The van der Waals surface area contributed by atoms with E-state index < -0.39 is 5.60 Å². The first kappa shape index (κ1) is 17.8. The number of amides is 2. The average molecular weight is 352 g/mol. The molecule has 3 rings (SSSR count). The monoisotopic (exact) mass is 352 g/mol. The topological polar surface area (TPSA) is 106 Å². The Morgan fingerprint density at radius 1 is 1.48 bits per heavy atom. The third-order valence-corrected chi connectivity index (χ3v) is 4.47. The van der Waals surface area contributed by atoms with E-state index in [1.807, 2.05) is 13.0 Å². The van der Waals surface area contributed by atoms with Crippen LogP contribution in [-0.4, -0.2) is 82.8 Å². The van der Waals surface area contributed by atoms with Crippen molar-refractivity contribution in [3.05, 3.63) is 18.0 Å². The fraction of sp³-hybridized carbons (Fsp3) is 0.688. The summed E-state index contributed by atoms with van der Waals surface area (Å²) in [5.74, 6) is -0.490. The molecule has 0 aromatic carbocycles. The fourth-order valence-electron chi connectivity index (χ4n) is 2.90. The summed E-state index contributed by atoms with van der Waals surface area (Å²) in [7, 11) is 0. The lowest BCUT2D eigenvalue weighted by Crippen LogP contribution is -2.62. The van der Waals surface area contributed by atoms with E-state index in [0.29, 0.717) is 32.7 Å². The number of ether oxygens (including phenoxy) is 2. The van der Waals surface area contributed by atoms with Gasteiger partial charge in [0.2, 0.25) is 5.91 Å². The number of nitrogens with zero attached hydrogens (tertiary/aromatic N) is 3. The van der Waals surface area contributed by atoms with Crippen molar-refractivity contribution in [1.82, 2.24) is 20.0 Å². The van der Waals surface area contributed by atoms with Gasteiger partial charge >= 0.3 is 0 Å². The van der Waals surface area contributed by atoms with Crippen molar-refractivity contribution >= 4 is 11.8 Å². The van der Waals surface area contributed by atoms with Crippen molar-refractivity contribution in [2.75, 3.05) is 39.5 Å². The van der Waals surface area contributed by atoms with Crippen LogP contribution in [0.25, 0.3) is 0 Å². The molecule has 0 radical (unpaired) electrons. The number of aliphatic hydroxyl groups is 1. The van der Waals surface area contributed by atoms with Gasteiger partial charge in [0.25, 0.3) is 5.91 Å². The molecule has 1 atom stereocenters. The first-order valence-electron chi connectivity index (χ1n) is 8.44. The second kappa shape index (κ2) is 7.51. The Morgan fingerprint density at radius 2 is 2.28 bits per heavy atom. The molecular formula is C16H24N4O5. The Hall–Kier alpha value is -1.97. The summed E-state index contributed by atoms with van der Waals surface area (Å²) in [6.45, 7) is 3.77. The summed E-state index contributed by atoms with van der Waals surface area (Å²) in [6, 6.07) is 1.83. The highest BCUT2D eigenvalue weighted by atomic mass is 16.5. The summed E-state index contributed by atoms with van der Waals surface area (Å²) in [6.07, 6.45) is 2.04. The first-order valence-corrected chi connectivity index (χ1v) is 8.44. The van der Waals surface area contributed by atoms with Gasteiger partial charge < -0.3 is 24.8 Å². The predicted molar refractivity (Wildman–Crippen MR) is 86.7 cm³/mol. The number of aromatic nitrogens is 2. The minimum atomic E-state index is -1.41. The highest BCUT2D eigenvalue weighted by Gasteiger charge is 2.46. The second-order valence-corrected chi connectivity index (χ2v) is 6.56. The van der Waals surface area contributed by atoms with E-state index in [9.17, 15) is 14.7 Å². The SMILES string of the molecule is Cc1ccnn1CC(=O)NCC1CN(C(=O)C2(O)COC2)CCCO1. The van der Waals surface area contributed by atoms with Gasteiger partial charge in [0.1, 0.15) is 6.54 Å². The molecule has 2 saturated heterocycles. The van der Waals surface area contributed by atoms with Crippen molar-refractivity contribution in [2.24, 2.45) is 0 Å². The summed E-state index contributed by atoms with van der Waals surface area (Å²) in [4.78, 5) is 26.1. The van der Waals surface area contributed by atoms with Crippen LogP contribution in [0.4, 0.5) is 0 Å². The van der Waals surface area contributed by atoms with Crippen LogP contribution >= 0.6 is 0 Å². The number of carbonyl (C=O) groups excluding carboxylic acids is 2. The molecule has 25 heavy (non-hydrogen) atoms. The number of nitrogens with one attached hydrogen (secondary N) is 1. The lowest BCUT2D eigenvalue weighted by Gasteiger charge is -2.39. The van der Waals surface area contributed by atoms with Crippen LogP contribution in [0.1, 0.15) is 12.1 Å². The summed E-state index contributed by atoms with van der Waals surface area (Å²) >= 11 is 0. The molecule has 3 heterocycles. The Labute approximate surface area is 145 Å². The smallest absolute Gasteiger partial charge is 0.259 e. The van der Waals surface area contributed by atoms with Crippen molar-refractivity contribution in [2.45, 2.75) is 31.6 Å². The Kier molecular flexibility index (Phi) is 5.36. The molecule has 9 heteroatoms. The van der Waals surface area contributed by atoms with Gasteiger partial charge in [0, 0.05) is 38.1 Å². The summed E-state index contributed by atoms with van der Waals surface area (Å²) in [5.41, 5.74) is -0.496. The lowest BCUT2D eigenvalue weighted by atomic mass is 10.00. The molecule has 2 amide bonds. The maximum absolute atomic E-state index is 12.4. The van der Waals surface area contributed by atoms with Gasteiger partial charge in [0.15, 0.2) is 5.60 Å². The van der Waals surface area contributed by atoms with E-state index >= 15 is 0 Å². The first-order chi connectivity index (χ1) is 12.0. The number of hydrogen-bond acceptors (Lipinski definition) is 6. The van der Waals surface area contributed by atoms with Gasteiger partial charge in [-0.2, -0.15) is 5.10 Å². The van der Waals surface area contributed by atoms with Crippen molar-refractivity contribution in [1.29, 1.82) is 0 Å². The largest absolute Gasteiger partial charge is 0.376 e. The molecule has 0 bridgehead atoms. The molecular weight excluding hydrogens is 328 g/mol. The van der Waals surface area contributed by atoms with Crippen LogP contribution in [0.15, 0.2) is 12.3 Å². The highest BCUT2D eigenvalue weighted by molar-refractivity contribution is 5.86. The molecule has 1 unspecified atom stereocenters. The van der Waals surface area contributed by atoms with Crippen LogP contribution in [0.5, 0.6) is 0 Å². The Bertz CT molecular complexity index is 628. The van der Waals surface area contributed by atoms with Crippen LogP contribution in [-0.2, 0) is 25.6 Å². The molecule has 2 fully saturated rings. The fourth-order valence-corrected chi connectivity index (χ4v) is 2.90. The van der Waals surface area contributed by atoms with Crippen molar-refractivity contribution in [3.8, 4) is 0 Å². The van der Waals surface area contributed by atoms with Crippen molar-refractivity contribution < 1.29 is 24.2 Å². The van der Waals surface area contributed by atoms with Crippen molar-refractivity contribution in [3.63, 3.8) is 0 Å². The van der Waals surface area contributed by atoms with Crippen LogP contribution in [0, 0.1) is 6.92 Å². The van der Waals surface area contributed by atoms with Crippen LogP contribution in [0.2, 0.25) is 0 Å². The number of aryl methyl sites for hydroxylation is 1. The molecule has 138 valence electrons. The molecule has 2 N–H and O–H groups in total. The zero-order valence-electron chi connectivity index (χ0n) is 14.3. The molecule has 2 aliphatic rings. The van der Waals surface area contributed by atoms with E-state index in [4.69, 9.17) is 9.47 Å². The lowest BCUT2D eigenvalue weighted by molar-refractivity contribution is -0.200. The quantitative estimate of drug-likeness (QED) is 0.681. The van der Waals surface area contributed by atoms with E-state index in [2.05, 4.69) is 10.4 Å². The summed E-state index contributed by atoms with van der Waals surface area (Å²) < 4.78 is 12.3. The van der Waals surface area contributed by atoms with E-state index in [-0.39, 0.29) is 37.7 Å². The molecule has 0 spiro atoms. The molecule has 0 aliphatic carbocycles. The molecule has 9 nitrogen and oxygen atoms in total. The van der Waals surface area contributed by atoms with Gasteiger partial charge in [-0.15, -0.1) is 0 Å². The van der Waals surface area contributed by atoms with Crippen LogP contribution in [0.3, 0.4) is 0 Å². The van der Waals surface area contributed by atoms with Crippen LogP contribution < -0.4 is 5.32 Å². The normalized spacial score (nSPS) is 22.8. The zero-order chi connectivity index (χ0) is 17.9. The van der Waals surface area contributed by atoms with Gasteiger partial charge in [-0.1, -0.05) is 0 Å². The minimum absolute atomic E-state index is 0.0355. The predicted octanol–water partition coefficient (Wildman–Crippen LogP) is -1.31. The van der Waals surface area contributed by atoms with E-state index in [1.54, 1.807) is 15.8 Å². The standard InChI is InChI=1S/C16H24N4O5/c1-12-3-4-18-20(12)9-14(21)17-7-13-8-19(5-2-6-25-13)15(22)16(23)10-24-11-16/h3-4,13,23H,2,5-11H2,1H3,(H,17,21). The summed E-state index contributed by atoms with van der Waals surface area (Å²) in [5, 5.41) is 17.1. The van der Waals surface area contributed by atoms with E-state index in [0.717, 1.165) is 5.69 Å². The van der Waals surface area contributed by atoms with Gasteiger partial charge in [0.05, 0.1) is 19.3 Å². The number of rotatable bonds is 5. The maximum Gasteiger partial charge on any atom is 0.259 e. The number of hydrogen-bond donors (Lipinski definition) is 2. The average Bonchev–Trinajstić information content (AvgIpc) is 2.83. The maximum atomic E-state index is 12.4. The molecule has 1 aromatic heterocycles. The third kappa shape index (κ3) is 4.17. The molecule has 0 saturated carbocycles. The number of carbonyl (C=O) groups is 2. The zero-order valence-corrected chi connectivity index (χ0v) is 14.3. The van der Waals surface area contributed by atoms with Gasteiger partial charge in [-0.3, -0.25) is 14.3 Å². The highest BCUT2D eigenvalue weighted by Crippen LogP contribution is 2.21. The van der Waals surface area contributed by atoms with Gasteiger partial charge in [-0.05, 0) is 19.4 Å². The molecule has 1 aromatic rings. The Morgan fingerprint density at radius 3 is 2.92 bits per heavy atom. The second-order valence-electron chi connectivity index (χ2n) is 6.56. The third-order valence-electron chi connectivity index (χ3n) is 4.47. The minimum Gasteiger partial charge on any atom is -0.376 e. The molecule has 2 aliphatic heterocycles. The Balaban J connectivity index is 1.50. The van der Waals surface area contributed by atoms with Gasteiger partial charge in [-0.25, -0.2) is 0 Å². The van der Waals surface area contributed by atoms with E-state index in [1.165, 1.54) is 0 Å².